The van der Waals surface area contributed by atoms with E-state index in [-0.39, 0.29) is 6.54 Å². The van der Waals surface area contributed by atoms with Gasteiger partial charge in [-0.05, 0) is 7.05 Å². The van der Waals surface area contributed by atoms with Gasteiger partial charge in [-0.2, -0.15) is 0 Å². The second-order valence-corrected chi connectivity index (χ2v) is 2.64. The van der Waals surface area contributed by atoms with Gasteiger partial charge < -0.3 is 5.32 Å². The van der Waals surface area contributed by atoms with Crippen molar-refractivity contribution in [3.63, 3.8) is 0 Å². The standard InChI is InChI=1S/C6H12F2N2.C2H6/c1-10(4-6(7)8)5-2-9-3-5;1-2/h5-6,9H,2-4H2,1H3;1-2H3. The summed E-state index contributed by atoms with van der Waals surface area (Å²) < 4.78 is 23.5. The first kappa shape index (κ1) is 11.8. The van der Waals surface area contributed by atoms with Gasteiger partial charge in [-0.1, -0.05) is 13.8 Å². The molecular weight excluding hydrogens is 162 g/mol. The van der Waals surface area contributed by atoms with Crippen LogP contribution in [0.1, 0.15) is 13.8 Å². The van der Waals surface area contributed by atoms with E-state index in [0.717, 1.165) is 13.1 Å². The summed E-state index contributed by atoms with van der Waals surface area (Å²) in [4.78, 5) is 1.70. The van der Waals surface area contributed by atoms with Crippen LogP contribution in [0.4, 0.5) is 8.78 Å². The highest BCUT2D eigenvalue weighted by molar-refractivity contribution is 4.82. The molecule has 1 heterocycles. The molecule has 1 aliphatic rings. The number of likely N-dealkylation sites (N-methyl/N-ethyl adjacent to an activating group) is 1. The molecule has 12 heavy (non-hydrogen) atoms. The maximum atomic E-state index is 11.7. The summed E-state index contributed by atoms with van der Waals surface area (Å²) in [7, 11) is 1.73. The number of halogens is 2. The van der Waals surface area contributed by atoms with Gasteiger partial charge >= 0.3 is 0 Å². The van der Waals surface area contributed by atoms with Gasteiger partial charge in [0.15, 0.2) is 0 Å². The molecule has 0 aromatic heterocycles. The second kappa shape index (κ2) is 6.31. The lowest BCUT2D eigenvalue weighted by molar-refractivity contribution is 0.0668. The Morgan fingerprint density at radius 1 is 1.42 bits per heavy atom. The topological polar surface area (TPSA) is 15.3 Å². The van der Waals surface area contributed by atoms with Crippen molar-refractivity contribution in [2.24, 2.45) is 0 Å². The Morgan fingerprint density at radius 2 is 1.92 bits per heavy atom. The maximum absolute atomic E-state index is 11.7. The summed E-state index contributed by atoms with van der Waals surface area (Å²) >= 11 is 0. The fourth-order valence-corrected chi connectivity index (χ4v) is 0.952. The summed E-state index contributed by atoms with van der Waals surface area (Å²) in [6.07, 6.45) is -2.20. The third-order valence-corrected chi connectivity index (χ3v) is 1.81. The molecule has 74 valence electrons. The van der Waals surface area contributed by atoms with E-state index in [2.05, 4.69) is 5.32 Å². The lowest BCUT2D eigenvalue weighted by atomic mass is 10.1. The third-order valence-electron chi connectivity index (χ3n) is 1.81. The highest BCUT2D eigenvalue weighted by Gasteiger charge is 2.22. The van der Waals surface area contributed by atoms with Gasteiger partial charge in [-0.3, -0.25) is 4.90 Å². The summed E-state index contributed by atoms with van der Waals surface area (Å²) in [5.74, 6) is 0. The van der Waals surface area contributed by atoms with E-state index in [1.807, 2.05) is 13.8 Å². The first-order valence-corrected chi connectivity index (χ1v) is 4.39. The van der Waals surface area contributed by atoms with E-state index < -0.39 is 6.43 Å². The molecule has 1 saturated heterocycles. The van der Waals surface area contributed by atoms with Crippen LogP contribution in [0.2, 0.25) is 0 Å². The predicted octanol–water partition coefficient (Wildman–Crippen LogP) is 1.18. The number of rotatable bonds is 3. The first-order valence-electron chi connectivity index (χ1n) is 4.39. The van der Waals surface area contributed by atoms with Crippen molar-refractivity contribution >= 4 is 0 Å². The number of hydrogen-bond donors (Lipinski definition) is 1. The number of hydrogen-bond acceptors (Lipinski definition) is 2. The van der Waals surface area contributed by atoms with Gasteiger partial charge in [-0.15, -0.1) is 0 Å². The Labute approximate surface area is 72.9 Å². The SMILES string of the molecule is CC.CN(CC(F)F)C1CNC1. The zero-order chi connectivity index (χ0) is 9.56. The molecule has 0 amide bonds. The van der Waals surface area contributed by atoms with Crippen molar-refractivity contribution in [1.29, 1.82) is 0 Å². The van der Waals surface area contributed by atoms with Crippen molar-refractivity contribution < 1.29 is 8.78 Å². The second-order valence-electron chi connectivity index (χ2n) is 2.64. The van der Waals surface area contributed by atoms with Crippen molar-refractivity contribution in [1.82, 2.24) is 10.2 Å². The Bertz CT molecular complexity index is 105. The molecule has 2 nitrogen and oxygen atoms in total. The van der Waals surface area contributed by atoms with Gasteiger partial charge in [0.1, 0.15) is 0 Å². The minimum Gasteiger partial charge on any atom is -0.314 e. The molecule has 0 aliphatic carbocycles. The van der Waals surface area contributed by atoms with Crippen molar-refractivity contribution in [2.75, 3.05) is 26.7 Å². The van der Waals surface area contributed by atoms with Crippen molar-refractivity contribution in [3.8, 4) is 0 Å². The predicted molar refractivity (Wildman–Crippen MR) is 46.6 cm³/mol. The van der Waals surface area contributed by atoms with E-state index in [9.17, 15) is 8.78 Å². The molecule has 0 atom stereocenters. The van der Waals surface area contributed by atoms with Crippen LogP contribution in [0, 0.1) is 0 Å². The van der Waals surface area contributed by atoms with Crippen LogP contribution >= 0.6 is 0 Å². The highest BCUT2D eigenvalue weighted by atomic mass is 19.3. The minimum atomic E-state index is -2.20. The van der Waals surface area contributed by atoms with Gasteiger partial charge in [-0.25, -0.2) is 8.78 Å². The van der Waals surface area contributed by atoms with Crippen LogP contribution in [-0.4, -0.2) is 44.0 Å². The van der Waals surface area contributed by atoms with Crippen LogP contribution in [0.15, 0.2) is 0 Å². The monoisotopic (exact) mass is 180 g/mol. The summed E-state index contributed by atoms with van der Waals surface area (Å²) in [5, 5.41) is 3.03. The van der Waals surface area contributed by atoms with E-state index in [1.165, 1.54) is 0 Å². The molecule has 0 saturated carbocycles. The first-order chi connectivity index (χ1) is 5.70. The third kappa shape index (κ3) is 3.97. The number of alkyl halides is 2. The van der Waals surface area contributed by atoms with E-state index in [0.29, 0.717) is 6.04 Å². The van der Waals surface area contributed by atoms with Gasteiger partial charge in [0.25, 0.3) is 6.43 Å². The zero-order valence-electron chi connectivity index (χ0n) is 7.98. The highest BCUT2D eigenvalue weighted by Crippen LogP contribution is 2.04. The van der Waals surface area contributed by atoms with E-state index >= 15 is 0 Å². The molecule has 1 rings (SSSR count). The Kier molecular flexibility index (Phi) is 6.20. The molecule has 0 aromatic carbocycles. The molecular formula is C8H18F2N2. The molecule has 0 unspecified atom stereocenters. The lowest BCUT2D eigenvalue weighted by Gasteiger charge is -2.35. The minimum absolute atomic E-state index is 0.105. The fraction of sp³-hybridized carbons (Fsp3) is 1.00. The Balaban J connectivity index is 0.000000561. The van der Waals surface area contributed by atoms with Crippen molar-refractivity contribution in [3.05, 3.63) is 0 Å². The Hall–Kier alpha value is -0.220. The van der Waals surface area contributed by atoms with E-state index in [1.54, 1.807) is 11.9 Å². The van der Waals surface area contributed by atoms with Gasteiger partial charge in [0.2, 0.25) is 0 Å². The normalized spacial score (nSPS) is 17.2. The van der Waals surface area contributed by atoms with Gasteiger partial charge in [0.05, 0.1) is 6.54 Å². The van der Waals surface area contributed by atoms with Crippen LogP contribution in [0.5, 0.6) is 0 Å². The van der Waals surface area contributed by atoms with Gasteiger partial charge in [0, 0.05) is 19.1 Å². The molecule has 1 fully saturated rings. The Morgan fingerprint density at radius 3 is 2.17 bits per heavy atom. The van der Waals surface area contributed by atoms with Crippen molar-refractivity contribution in [2.45, 2.75) is 26.3 Å². The smallest absolute Gasteiger partial charge is 0.251 e. The van der Waals surface area contributed by atoms with E-state index in [4.69, 9.17) is 0 Å². The van der Waals surface area contributed by atoms with Crippen LogP contribution in [-0.2, 0) is 0 Å². The molecule has 1 N–H and O–H groups in total. The van der Waals surface area contributed by atoms with Crippen LogP contribution in [0.3, 0.4) is 0 Å². The number of nitrogens with zero attached hydrogens (tertiary/aromatic N) is 1. The average molecular weight is 180 g/mol. The lowest BCUT2D eigenvalue weighted by Crippen LogP contribution is -2.56. The average Bonchev–Trinajstić information content (AvgIpc) is 1.85. The molecule has 4 heteroatoms. The summed E-state index contributed by atoms with van der Waals surface area (Å²) in [6, 6.07) is 0.328. The quantitative estimate of drug-likeness (QED) is 0.701. The molecule has 1 aliphatic heterocycles. The maximum Gasteiger partial charge on any atom is 0.251 e. The zero-order valence-corrected chi connectivity index (χ0v) is 7.98. The summed E-state index contributed by atoms with van der Waals surface area (Å²) in [6.45, 7) is 5.60. The molecule has 0 radical (unpaired) electrons. The molecule has 0 aromatic rings. The molecule has 0 bridgehead atoms. The largest absolute Gasteiger partial charge is 0.314 e. The number of nitrogens with one attached hydrogen (secondary N) is 1. The summed E-state index contributed by atoms with van der Waals surface area (Å²) in [5.41, 5.74) is 0. The van der Waals surface area contributed by atoms with Crippen LogP contribution in [0.25, 0.3) is 0 Å². The van der Waals surface area contributed by atoms with Crippen LogP contribution < -0.4 is 5.32 Å². The fourth-order valence-electron chi connectivity index (χ4n) is 0.952. The molecule has 0 spiro atoms.